The van der Waals surface area contributed by atoms with Crippen LogP contribution in [0.25, 0.3) is 11.1 Å². The van der Waals surface area contributed by atoms with Crippen LogP contribution in [-0.2, 0) is 6.54 Å². The first-order valence-corrected chi connectivity index (χ1v) is 4.95. The molecule has 0 aliphatic heterocycles. The van der Waals surface area contributed by atoms with Crippen LogP contribution in [0.3, 0.4) is 0 Å². The summed E-state index contributed by atoms with van der Waals surface area (Å²) in [6, 6.07) is 6.04. The number of furan rings is 1. The van der Waals surface area contributed by atoms with Gasteiger partial charge in [-0.3, -0.25) is 4.98 Å². The minimum atomic E-state index is 0.740. The Balaban J connectivity index is 2.40. The van der Waals surface area contributed by atoms with E-state index < -0.39 is 0 Å². The maximum absolute atomic E-state index is 5.42. The van der Waals surface area contributed by atoms with E-state index in [1.165, 1.54) is 0 Å². The van der Waals surface area contributed by atoms with Gasteiger partial charge in [0.1, 0.15) is 5.76 Å². The highest BCUT2D eigenvalue weighted by Gasteiger charge is 2.07. The fraction of sp³-hybridized carbons (Fsp3) is 0.250. The Hall–Kier alpha value is -1.61. The van der Waals surface area contributed by atoms with E-state index in [9.17, 15) is 0 Å². The van der Waals surface area contributed by atoms with E-state index in [2.05, 4.69) is 16.4 Å². The number of nitrogens with zero attached hydrogens (tertiary/aromatic N) is 1. The van der Waals surface area contributed by atoms with Crippen molar-refractivity contribution >= 4 is 0 Å². The van der Waals surface area contributed by atoms with Crippen LogP contribution in [0, 0.1) is 6.92 Å². The van der Waals surface area contributed by atoms with E-state index in [0.29, 0.717) is 0 Å². The summed E-state index contributed by atoms with van der Waals surface area (Å²) in [5.74, 6) is 0.961. The van der Waals surface area contributed by atoms with Gasteiger partial charge in [0.2, 0.25) is 0 Å². The van der Waals surface area contributed by atoms with E-state index in [1.807, 2.05) is 32.3 Å². The van der Waals surface area contributed by atoms with Crippen molar-refractivity contribution in [2.75, 3.05) is 7.05 Å². The number of rotatable bonds is 3. The first kappa shape index (κ1) is 9.93. The lowest BCUT2D eigenvalue weighted by atomic mass is 10.1. The maximum Gasteiger partial charge on any atom is 0.125 e. The fourth-order valence-corrected chi connectivity index (χ4v) is 1.61. The molecule has 0 radical (unpaired) electrons. The summed E-state index contributed by atoms with van der Waals surface area (Å²) in [6.07, 6.45) is 3.54. The molecule has 1 N–H and O–H groups in total. The molecule has 2 rings (SSSR count). The van der Waals surface area contributed by atoms with Gasteiger partial charge in [0.05, 0.1) is 12.8 Å². The van der Waals surface area contributed by atoms with Crippen molar-refractivity contribution in [3.63, 3.8) is 0 Å². The Bertz CT molecular complexity index is 448. The van der Waals surface area contributed by atoms with Gasteiger partial charge in [-0.05, 0) is 37.7 Å². The van der Waals surface area contributed by atoms with Gasteiger partial charge in [0, 0.05) is 17.5 Å². The molecule has 0 spiro atoms. The van der Waals surface area contributed by atoms with Gasteiger partial charge in [-0.2, -0.15) is 0 Å². The third-order valence-corrected chi connectivity index (χ3v) is 2.29. The molecule has 0 bridgehead atoms. The zero-order chi connectivity index (χ0) is 10.7. The Morgan fingerprint density at radius 3 is 3.00 bits per heavy atom. The molecule has 2 aromatic heterocycles. The topological polar surface area (TPSA) is 38.1 Å². The SMILES string of the molecule is CNCc1occc1-c1ccnc(C)c1. The predicted octanol–water partition coefficient (Wildman–Crippen LogP) is 2.37. The first-order valence-electron chi connectivity index (χ1n) is 4.95. The van der Waals surface area contributed by atoms with E-state index in [1.54, 1.807) is 6.26 Å². The molecule has 0 aliphatic rings. The molecule has 78 valence electrons. The average molecular weight is 202 g/mol. The lowest BCUT2D eigenvalue weighted by Crippen LogP contribution is -2.04. The normalized spacial score (nSPS) is 10.5. The Morgan fingerprint density at radius 2 is 2.27 bits per heavy atom. The number of pyridine rings is 1. The molecule has 3 nitrogen and oxygen atoms in total. The highest BCUT2D eigenvalue weighted by Crippen LogP contribution is 2.24. The summed E-state index contributed by atoms with van der Waals surface area (Å²) in [6.45, 7) is 2.73. The maximum atomic E-state index is 5.42. The second-order valence-electron chi connectivity index (χ2n) is 3.47. The third kappa shape index (κ3) is 2.07. The third-order valence-electron chi connectivity index (χ3n) is 2.29. The fourth-order valence-electron chi connectivity index (χ4n) is 1.61. The van der Waals surface area contributed by atoms with Gasteiger partial charge in [-0.1, -0.05) is 0 Å². The number of aromatic nitrogens is 1. The zero-order valence-electron chi connectivity index (χ0n) is 8.95. The molecule has 2 heterocycles. The van der Waals surface area contributed by atoms with Crippen LogP contribution in [0.4, 0.5) is 0 Å². The lowest BCUT2D eigenvalue weighted by Gasteiger charge is -2.02. The molecule has 0 saturated heterocycles. The van der Waals surface area contributed by atoms with Gasteiger partial charge in [0.25, 0.3) is 0 Å². The van der Waals surface area contributed by atoms with Gasteiger partial charge in [0.15, 0.2) is 0 Å². The van der Waals surface area contributed by atoms with Gasteiger partial charge in [-0.25, -0.2) is 0 Å². The highest BCUT2D eigenvalue weighted by atomic mass is 16.3. The molecular formula is C12H14N2O. The van der Waals surface area contributed by atoms with Crippen LogP contribution in [0.2, 0.25) is 0 Å². The average Bonchev–Trinajstić information content (AvgIpc) is 2.66. The second kappa shape index (κ2) is 4.28. The van der Waals surface area contributed by atoms with Gasteiger partial charge < -0.3 is 9.73 Å². The molecule has 0 fully saturated rings. The quantitative estimate of drug-likeness (QED) is 0.830. The van der Waals surface area contributed by atoms with Gasteiger partial charge >= 0.3 is 0 Å². The Labute approximate surface area is 89.1 Å². The molecule has 2 aromatic rings. The van der Waals surface area contributed by atoms with Crippen molar-refractivity contribution < 1.29 is 4.42 Å². The molecular weight excluding hydrogens is 188 g/mol. The van der Waals surface area contributed by atoms with Crippen molar-refractivity contribution in [3.8, 4) is 11.1 Å². The molecule has 0 atom stereocenters. The zero-order valence-corrected chi connectivity index (χ0v) is 8.95. The number of hydrogen-bond acceptors (Lipinski definition) is 3. The van der Waals surface area contributed by atoms with Crippen molar-refractivity contribution in [1.82, 2.24) is 10.3 Å². The molecule has 0 saturated carbocycles. The Morgan fingerprint density at radius 1 is 1.40 bits per heavy atom. The smallest absolute Gasteiger partial charge is 0.125 e. The van der Waals surface area contributed by atoms with Crippen LogP contribution in [0.5, 0.6) is 0 Å². The van der Waals surface area contributed by atoms with E-state index >= 15 is 0 Å². The summed E-state index contributed by atoms with van der Waals surface area (Å²) >= 11 is 0. The monoisotopic (exact) mass is 202 g/mol. The molecule has 0 unspecified atom stereocenters. The molecule has 15 heavy (non-hydrogen) atoms. The van der Waals surface area contributed by atoms with Gasteiger partial charge in [-0.15, -0.1) is 0 Å². The van der Waals surface area contributed by atoms with Crippen molar-refractivity contribution in [1.29, 1.82) is 0 Å². The summed E-state index contributed by atoms with van der Waals surface area (Å²) in [5, 5.41) is 3.09. The molecule has 0 aromatic carbocycles. The number of hydrogen-bond donors (Lipinski definition) is 1. The van der Waals surface area contributed by atoms with Crippen molar-refractivity contribution in [2.24, 2.45) is 0 Å². The standard InChI is InChI=1S/C12H14N2O/c1-9-7-10(3-5-14-9)11-4-6-15-12(11)8-13-2/h3-7,13H,8H2,1-2H3. The van der Waals surface area contributed by atoms with Crippen LogP contribution >= 0.6 is 0 Å². The summed E-state index contributed by atoms with van der Waals surface area (Å²) in [5.41, 5.74) is 3.31. The second-order valence-corrected chi connectivity index (χ2v) is 3.47. The summed E-state index contributed by atoms with van der Waals surface area (Å²) < 4.78 is 5.42. The minimum absolute atomic E-state index is 0.740. The van der Waals surface area contributed by atoms with Crippen LogP contribution in [0.15, 0.2) is 35.1 Å². The molecule has 0 aliphatic carbocycles. The van der Waals surface area contributed by atoms with E-state index in [-0.39, 0.29) is 0 Å². The molecule has 3 heteroatoms. The highest BCUT2D eigenvalue weighted by molar-refractivity contribution is 5.65. The number of nitrogens with one attached hydrogen (secondary N) is 1. The largest absolute Gasteiger partial charge is 0.467 e. The van der Waals surface area contributed by atoms with Crippen LogP contribution in [-0.4, -0.2) is 12.0 Å². The van der Waals surface area contributed by atoms with Crippen molar-refractivity contribution in [3.05, 3.63) is 42.1 Å². The van der Waals surface area contributed by atoms with E-state index in [0.717, 1.165) is 29.1 Å². The van der Waals surface area contributed by atoms with Crippen LogP contribution < -0.4 is 5.32 Å². The first-order chi connectivity index (χ1) is 7.31. The predicted molar refractivity (Wildman–Crippen MR) is 59.4 cm³/mol. The summed E-state index contributed by atoms with van der Waals surface area (Å²) in [4.78, 5) is 4.18. The molecule has 0 amide bonds. The summed E-state index contributed by atoms with van der Waals surface area (Å²) in [7, 11) is 1.91. The number of aryl methyl sites for hydroxylation is 1. The van der Waals surface area contributed by atoms with Crippen LogP contribution in [0.1, 0.15) is 11.5 Å². The minimum Gasteiger partial charge on any atom is -0.467 e. The van der Waals surface area contributed by atoms with E-state index in [4.69, 9.17) is 4.42 Å². The Kier molecular flexibility index (Phi) is 2.83. The van der Waals surface area contributed by atoms with Crippen molar-refractivity contribution in [2.45, 2.75) is 13.5 Å². The lowest BCUT2D eigenvalue weighted by molar-refractivity contribution is 0.497.